The molecule has 1 aliphatic rings. The molecule has 3 nitrogen and oxygen atoms in total. The van der Waals surface area contributed by atoms with Gasteiger partial charge in [-0.15, -0.1) is 11.8 Å². The smallest absolute Gasteiger partial charge is 0.327 e. The number of carbonyl (C=O) groups is 1. The molecule has 1 saturated carbocycles. The molecule has 1 aromatic rings. The van der Waals surface area contributed by atoms with Gasteiger partial charge in [-0.3, -0.25) is 4.79 Å². The molecule has 1 fully saturated rings. The van der Waals surface area contributed by atoms with Crippen molar-refractivity contribution in [1.29, 1.82) is 0 Å². The van der Waals surface area contributed by atoms with Crippen molar-refractivity contribution in [2.24, 2.45) is 5.92 Å². The summed E-state index contributed by atoms with van der Waals surface area (Å²) in [6, 6.07) is 8.40. The van der Waals surface area contributed by atoms with E-state index in [1.807, 2.05) is 7.05 Å². The molecule has 0 spiro atoms. The van der Waals surface area contributed by atoms with Gasteiger partial charge >= 0.3 is 5.97 Å². The van der Waals surface area contributed by atoms with Gasteiger partial charge in [-0.1, -0.05) is 17.7 Å². The Hall–Kier alpha value is -1.00. The second-order valence-electron chi connectivity index (χ2n) is 5.09. The number of rotatable bonds is 6. The van der Waals surface area contributed by atoms with E-state index in [0.29, 0.717) is 11.7 Å². The van der Waals surface area contributed by atoms with Crippen LogP contribution in [0.15, 0.2) is 29.2 Å². The lowest BCUT2D eigenvalue weighted by atomic mass is 9.96. The van der Waals surface area contributed by atoms with Gasteiger partial charge < -0.3 is 10.1 Å². The largest absolute Gasteiger partial charge is 0.468 e. The average Bonchev–Trinajstić information content (AvgIpc) is 3.26. The van der Waals surface area contributed by atoms with Gasteiger partial charge in [-0.25, -0.2) is 0 Å². The number of hydrogen-bond donors (Lipinski definition) is 1. The average molecular weight is 279 g/mol. The number of ether oxygens (including phenoxy) is 1. The quantitative estimate of drug-likeness (QED) is 0.642. The molecule has 1 N–H and O–H groups in total. The van der Waals surface area contributed by atoms with Crippen molar-refractivity contribution in [1.82, 2.24) is 5.32 Å². The van der Waals surface area contributed by atoms with Gasteiger partial charge in [0.2, 0.25) is 0 Å². The first-order valence-corrected chi connectivity index (χ1v) is 7.57. The Morgan fingerprint density at radius 1 is 1.42 bits per heavy atom. The molecule has 4 heteroatoms. The molecule has 2 rings (SSSR count). The number of thioether (sulfide) groups is 1. The highest BCUT2D eigenvalue weighted by Gasteiger charge is 2.50. The van der Waals surface area contributed by atoms with E-state index in [1.165, 1.54) is 17.6 Å². The Morgan fingerprint density at radius 2 is 2.05 bits per heavy atom. The first-order valence-electron chi connectivity index (χ1n) is 6.59. The maximum Gasteiger partial charge on any atom is 0.327 e. The van der Waals surface area contributed by atoms with Crippen molar-refractivity contribution in [3.8, 4) is 0 Å². The third kappa shape index (κ3) is 3.12. The molecule has 1 atom stereocenters. The number of hydrogen-bond acceptors (Lipinski definition) is 4. The van der Waals surface area contributed by atoms with Crippen molar-refractivity contribution in [3.63, 3.8) is 0 Å². The number of likely N-dealkylation sites (N-methyl/N-ethyl adjacent to an activating group) is 1. The molecule has 104 valence electrons. The SMILES string of the molecule is CNC(CSc1ccc(C)cc1)(C(=O)OC)C1CC1. The second kappa shape index (κ2) is 5.97. The predicted octanol–water partition coefficient (Wildman–Crippen LogP) is 2.63. The zero-order valence-electron chi connectivity index (χ0n) is 11.7. The lowest BCUT2D eigenvalue weighted by Gasteiger charge is -2.30. The third-order valence-electron chi connectivity index (χ3n) is 3.76. The topological polar surface area (TPSA) is 38.3 Å². The van der Waals surface area contributed by atoms with Gasteiger partial charge in [0.05, 0.1) is 7.11 Å². The van der Waals surface area contributed by atoms with E-state index in [-0.39, 0.29) is 5.97 Å². The van der Waals surface area contributed by atoms with Crippen LogP contribution in [0.5, 0.6) is 0 Å². The summed E-state index contributed by atoms with van der Waals surface area (Å²) in [5, 5.41) is 3.21. The second-order valence-corrected chi connectivity index (χ2v) is 6.14. The molecule has 0 saturated heterocycles. The standard InChI is InChI=1S/C15H21NO2S/c1-11-4-8-13(9-5-11)19-10-15(16-2,12-6-7-12)14(17)18-3/h4-5,8-9,12,16H,6-7,10H2,1-3H3. The number of methoxy groups -OCH3 is 1. The van der Waals surface area contributed by atoms with E-state index in [1.54, 1.807) is 11.8 Å². The zero-order chi connectivity index (χ0) is 13.9. The highest BCUT2D eigenvalue weighted by molar-refractivity contribution is 7.99. The van der Waals surface area contributed by atoms with Crippen LogP contribution in [0.1, 0.15) is 18.4 Å². The van der Waals surface area contributed by atoms with E-state index in [0.717, 1.165) is 12.8 Å². The van der Waals surface area contributed by atoms with Gasteiger partial charge in [-0.05, 0) is 44.9 Å². The molecule has 1 aliphatic carbocycles. The molecular weight excluding hydrogens is 258 g/mol. The molecule has 0 bridgehead atoms. The number of esters is 1. The summed E-state index contributed by atoms with van der Waals surface area (Å²) in [5.74, 6) is 0.976. The van der Waals surface area contributed by atoms with Crippen molar-refractivity contribution >= 4 is 17.7 Å². The van der Waals surface area contributed by atoms with Crippen molar-refractivity contribution in [3.05, 3.63) is 29.8 Å². The fourth-order valence-corrected chi connectivity index (χ4v) is 3.53. The number of benzene rings is 1. The summed E-state index contributed by atoms with van der Waals surface area (Å²) in [5.41, 5.74) is 0.712. The Kier molecular flexibility index (Phi) is 4.53. The molecule has 0 amide bonds. The normalized spacial score (nSPS) is 17.8. The van der Waals surface area contributed by atoms with Crippen LogP contribution in [-0.2, 0) is 9.53 Å². The van der Waals surface area contributed by atoms with Gasteiger partial charge in [0, 0.05) is 10.6 Å². The van der Waals surface area contributed by atoms with Gasteiger partial charge in [-0.2, -0.15) is 0 Å². The van der Waals surface area contributed by atoms with Crippen molar-refractivity contribution in [2.45, 2.75) is 30.2 Å². The molecule has 1 aromatic carbocycles. The van der Waals surface area contributed by atoms with Gasteiger partial charge in [0.1, 0.15) is 5.54 Å². The van der Waals surface area contributed by atoms with Gasteiger partial charge in [0.25, 0.3) is 0 Å². The number of carbonyl (C=O) groups excluding carboxylic acids is 1. The van der Waals surface area contributed by atoms with E-state index < -0.39 is 5.54 Å². The van der Waals surface area contributed by atoms with E-state index in [2.05, 4.69) is 36.5 Å². The van der Waals surface area contributed by atoms with E-state index in [4.69, 9.17) is 4.74 Å². The molecule has 0 aliphatic heterocycles. The molecule has 19 heavy (non-hydrogen) atoms. The summed E-state index contributed by atoms with van der Waals surface area (Å²) >= 11 is 1.71. The first-order chi connectivity index (χ1) is 9.12. The van der Waals surface area contributed by atoms with Crippen LogP contribution in [0, 0.1) is 12.8 Å². The molecular formula is C15H21NO2S. The van der Waals surface area contributed by atoms with Crippen LogP contribution >= 0.6 is 11.8 Å². The minimum absolute atomic E-state index is 0.142. The monoisotopic (exact) mass is 279 g/mol. The minimum atomic E-state index is -0.537. The summed E-state index contributed by atoms with van der Waals surface area (Å²) < 4.78 is 5.00. The maximum absolute atomic E-state index is 12.1. The Bertz CT molecular complexity index is 442. The fraction of sp³-hybridized carbons (Fsp3) is 0.533. The molecule has 0 radical (unpaired) electrons. The van der Waals surface area contributed by atoms with Crippen LogP contribution < -0.4 is 5.32 Å². The van der Waals surface area contributed by atoms with Crippen LogP contribution in [0.25, 0.3) is 0 Å². The van der Waals surface area contributed by atoms with E-state index in [9.17, 15) is 4.79 Å². The van der Waals surface area contributed by atoms with Gasteiger partial charge in [0.15, 0.2) is 0 Å². The maximum atomic E-state index is 12.1. The lowest BCUT2D eigenvalue weighted by Crippen LogP contribution is -2.55. The number of nitrogens with one attached hydrogen (secondary N) is 1. The fourth-order valence-electron chi connectivity index (χ4n) is 2.31. The van der Waals surface area contributed by atoms with Crippen LogP contribution in [-0.4, -0.2) is 31.4 Å². The Morgan fingerprint density at radius 3 is 2.53 bits per heavy atom. The van der Waals surface area contributed by atoms with Crippen LogP contribution in [0.2, 0.25) is 0 Å². The minimum Gasteiger partial charge on any atom is -0.468 e. The highest BCUT2D eigenvalue weighted by atomic mass is 32.2. The highest BCUT2D eigenvalue weighted by Crippen LogP contribution is 2.42. The summed E-state index contributed by atoms with van der Waals surface area (Å²) in [6.45, 7) is 2.07. The number of aryl methyl sites for hydroxylation is 1. The summed E-state index contributed by atoms with van der Waals surface area (Å²) in [4.78, 5) is 13.3. The lowest BCUT2D eigenvalue weighted by molar-refractivity contribution is -0.148. The third-order valence-corrected chi connectivity index (χ3v) is 4.96. The predicted molar refractivity (Wildman–Crippen MR) is 78.4 cm³/mol. The first kappa shape index (κ1) is 14.4. The van der Waals surface area contributed by atoms with Crippen molar-refractivity contribution < 1.29 is 9.53 Å². The summed E-state index contributed by atoms with van der Waals surface area (Å²) in [6.07, 6.45) is 2.20. The molecule has 0 heterocycles. The molecule has 0 aromatic heterocycles. The van der Waals surface area contributed by atoms with E-state index >= 15 is 0 Å². The molecule has 1 unspecified atom stereocenters. The zero-order valence-corrected chi connectivity index (χ0v) is 12.5. The van der Waals surface area contributed by atoms with Crippen LogP contribution in [0.4, 0.5) is 0 Å². The van der Waals surface area contributed by atoms with Crippen LogP contribution in [0.3, 0.4) is 0 Å². The van der Waals surface area contributed by atoms with Crippen molar-refractivity contribution in [2.75, 3.05) is 19.9 Å². The Labute approximate surface area is 119 Å². The summed E-state index contributed by atoms with van der Waals surface area (Å²) in [7, 11) is 3.32. The Balaban J connectivity index is 2.08.